The van der Waals surface area contributed by atoms with Crippen molar-refractivity contribution >= 4 is 71.7 Å². The normalized spacial score (nSPS) is 22.8. The van der Waals surface area contributed by atoms with Gasteiger partial charge in [-0.1, -0.05) is 30.3 Å². The first-order valence-electron chi connectivity index (χ1n) is 16.9. The van der Waals surface area contributed by atoms with Crippen molar-refractivity contribution in [1.29, 1.82) is 0 Å². The molecule has 0 aromatic heterocycles. The second kappa shape index (κ2) is 17.7. The van der Waals surface area contributed by atoms with Gasteiger partial charge in [0.05, 0.1) is 22.3 Å². The van der Waals surface area contributed by atoms with Gasteiger partial charge >= 0.3 is 65.3 Å². The number of amides is 7. The number of aliphatic carboxylic acids is 1. The molecule has 5 atom stereocenters. The van der Waals surface area contributed by atoms with E-state index in [1.807, 2.05) is 0 Å². The van der Waals surface area contributed by atoms with E-state index in [9.17, 15) is 53.1 Å². The number of thioether (sulfide) groups is 1. The second-order valence-corrected chi connectivity index (χ2v) is 14.5. The van der Waals surface area contributed by atoms with Crippen LogP contribution in [-0.4, -0.2) is 123 Å². The molecule has 0 spiro atoms. The number of carbonyl (C=O) groups is 10. The molecule has 3 saturated heterocycles. The number of hydrogen-bond acceptors (Lipinski definition) is 15. The number of ether oxygens (including phenoxy) is 3. The number of fused-ring (bicyclic) bond motifs is 1. The minimum absolute atomic E-state index is 0. The van der Waals surface area contributed by atoms with Gasteiger partial charge in [-0.2, -0.15) is 0 Å². The number of nitrogens with one attached hydrogen (secondary N) is 3. The molecule has 0 aliphatic carbocycles. The molecule has 0 radical (unpaired) electrons. The first-order valence-corrected chi connectivity index (χ1v) is 17.7. The molecule has 2 aromatic carbocycles. The first kappa shape index (κ1) is 44.2. The van der Waals surface area contributed by atoms with Crippen LogP contribution in [0.4, 0.5) is 4.79 Å². The van der Waals surface area contributed by atoms with E-state index in [0.717, 1.165) is 36.6 Å². The third-order valence-corrected chi connectivity index (χ3v) is 10.7. The average Bonchev–Trinajstić information content (AvgIpc) is 3.45. The molecular weight excluding hydrogens is 783 g/mol. The van der Waals surface area contributed by atoms with Gasteiger partial charge in [0.25, 0.3) is 5.91 Å². The Morgan fingerprint density at radius 3 is 2.21 bits per heavy atom. The van der Waals surface area contributed by atoms with Gasteiger partial charge in [-0.15, -0.1) is 11.8 Å². The summed E-state index contributed by atoms with van der Waals surface area (Å²) in [5.74, 6) is -8.95. The maximum absolute atomic E-state index is 14.1. The number of benzene rings is 2. The monoisotopic (exact) mass is 818 g/mol. The third kappa shape index (κ3) is 8.75. The number of β-lactam (4-membered cyclic amide) rings is 1. The molecule has 22 heteroatoms. The molecule has 3 aliphatic heterocycles. The SMILES string of the molecule is CCN1CCN(C(=O)NC(C(=O)NC2(NC=O)C(=O)N3C(C(=O)[O-])C(C)(COC(=O)c4ccc(OC(C)=O)c(OC(C)=O)c4)SC32)c2ccccc2)C(=O)C1=O.[Na+]. The summed E-state index contributed by atoms with van der Waals surface area (Å²) >= 11 is 0.759. The van der Waals surface area contributed by atoms with Gasteiger partial charge in [-0.25, -0.2) is 9.59 Å². The van der Waals surface area contributed by atoms with Crippen LogP contribution in [0.15, 0.2) is 48.5 Å². The predicted octanol–water partition coefficient (Wildman–Crippen LogP) is -4.81. The number of nitrogens with zero attached hydrogens (tertiary/aromatic N) is 3. The molecule has 57 heavy (non-hydrogen) atoms. The van der Waals surface area contributed by atoms with Crippen LogP contribution in [0.2, 0.25) is 0 Å². The molecule has 3 heterocycles. The van der Waals surface area contributed by atoms with Crippen LogP contribution in [0.25, 0.3) is 0 Å². The number of piperazine rings is 1. The number of carboxylic acids is 1. The zero-order valence-electron chi connectivity index (χ0n) is 31.2. The summed E-state index contributed by atoms with van der Waals surface area (Å²) in [6, 6.07) is 6.59. The quantitative estimate of drug-likeness (QED) is 0.0326. The van der Waals surface area contributed by atoms with Crippen LogP contribution in [0, 0.1) is 0 Å². The van der Waals surface area contributed by atoms with Gasteiger partial charge in [0.1, 0.15) is 18.0 Å². The van der Waals surface area contributed by atoms with E-state index in [4.69, 9.17) is 14.2 Å². The Balaban J connectivity index is 0.00000720. The Bertz CT molecular complexity index is 2020. The van der Waals surface area contributed by atoms with Crippen molar-refractivity contribution in [2.45, 2.75) is 55.6 Å². The molecule has 3 N–H and O–H groups in total. The zero-order valence-corrected chi connectivity index (χ0v) is 34.0. The van der Waals surface area contributed by atoms with Crippen molar-refractivity contribution in [1.82, 2.24) is 30.7 Å². The first-order chi connectivity index (χ1) is 26.5. The number of carbonyl (C=O) groups excluding carboxylic acids is 10. The number of imide groups is 1. The largest absolute Gasteiger partial charge is 1.00 e. The van der Waals surface area contributed by atoms with Crippen molar-refractivity contribution in [3.05, 3.63) is 59.7 Å². The van der Waals surface area contributed by atoms with Gasteiger partial charge in [-0.3, -0.25) is 38.5 Å². The fourth-order valence-corrected chi connectivity index (χ4v) is 8.12. The Morgan fingerprint density at radius 1 is 0.965 bits per heavy atom. The van der Waals surface area contributed by atoms with Gasteiger partial charge < -0.3 is 49.9 Å². The van der Waals surface area contributed by atoms with Crippen molar-refractivity contribution in [2.24, 2.45) is 0 Å². The van der Waals surface area contributed by atoms with Crippen LogP contribution >= 0.6 is 11.8 Å². The second-order valence-electron chi connectivity index (χ2n) is 12.8. The minimum Gasteiger partial charge on any atom is -0.548 e. The summed E-state index contributed by atoms with van der Waals surface area (Å²) in [6.45, 7) is 4.64. The smallest absolute Gasteiger partial charge is 0.548 e. The predicted molar refractivity (Wildman–Crippen MR) is 187 cm³/mol. The van der Waals surface area contributed by atoms with Crippen LogP contribution in [0.5, 0.6) is 11.5 Å². The summed E-state index contributed by atoms with van der Waals surface area (Å²) in [5.41, 5.74) is -2.30. The van der Waals surface area contributed by atoms with Crippen molar-refractivity contribution < 1.29 is 96.8 Å². The minimum atomic E-state index is -2.29. The molecule has 296 valence electrons. The molecule has 0 bridgehead atoms. The molecule has 7 amide bonds. The third-order valence-electron chi connectivity index (χ3n) is 9.04. The number of carboxylic acid groups (broad SMARTS) is 1. The molecule has 20 nitrogen and oxygen atoms in total. The molecule has 5 unspecified atom stereocenters. The molecule has 0 saturated carbocycles. The van der Waals surface area contributed by atoms with Crippen LogP contribution in [-0.2, 0) is 43.1 Å². The van der Waals surface area contributed by atoms with E-state index >= 15 is 0 Å². The number of rotatable bonds is 13. The fourth-order valence-electron chi connectivity index (χ4n) is 6.41. The zero-order chi connectivity index (χ0) is 41.1. The Labute approximate surface area is 350 Å². The maximum atomic E-state index is 14.1. The van der Waals surface area contributed by atoms with E-state index in [2.05, 4.69) is 16.0 Å². The summed E-state index contributed by atoms with van der Waals surface area (Å²) in [7, 11) is 0. The molecule has 3 aliphatic rings. The molecule has 2 aromatic rings. The van der Waals surface area contributed by atoms with Crippen molar-refractivity contribution in [3.8, 4) is 11.5 Å². The summed E-state index contributed by atoms with van der Waals surface area (Å²) in [5, 5.41) is 18.3. The molecule has 3 fully saturated rings. The number of likely N-dealkylation sites (N-methyl/N-ethyl adjacent to an activating group) is 1. The van der Waals surface area contributed by atoms with E-state index in [1.54, 1.807) is 25.1 Å². The topological polar surface area (TPSA) is 267 Å². The van der Waals surface area contributed by atoms with Gasteiger partial charge in [-0.05, 0) is 37.6 Å². The number of hydrogen-bond donors (Lipinski definition) is 3. The summed E-state index contributed by atoms with van der Waals surface area (Å²) in [4.78, 5) is 130. The Morgan fingerprint density at radius 2 is 1.61 bits per heavy atom. The van der Waals surface area contributed by atoms with E-state index in [0.29, 0.717) is 4.90 Å². The van der Waals surface area contributed by atoms with E-state index in [-0.39, 0.29) is 78.2 Å². The number of urea groups is 1. The van der Waals surface area contributed by atoms with E-state index in [1.165, 1.54) is 36.1 Å². The van der Waals surface area contributed by atoms with Gasteiger partial charge in [0.2, 0.25) is 18.0 Å². The van der Waals surface area contributed by atoms with Crippen molar-refractivity contribution in [2.75, 3.05) is 26.2 Å². The van der Waals surface area contributed by atoms with Gasteiger partial charge in [0.15, 0.2) is 11.5 Å². The van der Waals surface area contributed by atoms with Gasteiger partial charge in [0, 0.05) is 33.5 Å². The standard InChI is InChI=1S/C35H36N6O14S.Na/c1-5-39-13-14-40(28(47)27(39)46)33(52)37-24(20-9-7-6-8-10-20)26(45)38-35(36-17-42)31(51)41-25(29(48)49)34(4,56-32(35)41)16-53-30(50)21-11-12-22(54-18(2)43)23(15-21)55-19(3)44;/h6-12,15,17,24-25,32H,5,13-14,16H2,1-4H3,(H,36,42)(H,37,52)(H,38,45)(H,48,49);/q;+1/p-1. The summed E-state index contributed by atoms with van der Waals surface area (Å²) < 4.78 is 13.8. The Hall–Kier alpha value is -5.51. The maximum Gasteiger partial charge on any atom is 1.00 e. The van der Waals surface area contributed by atoms with Crippen molar-refractivity contribution in [3.63, 3.8) is 0 Å². The van der Waals surface area contributed by atoms with Crippen LogP contribution in [0.3, 0.4) is 0 Å². The van der Waals surface area contributed by atoms with Crippen LogP contribution in [0.1, 0.15) is 49.7 Å². The average molecular weight is 819 g/mol. The molecule has 5 rings (SSSR count). The number of esters is 3. The van der Waals surface area contributed by atoms with Crippen LogP contribution < -0.4 is 60.1 Å². The van der Waals surface area contributed by atoms with E-state index < -0.39 is 88.0 Å². The summed E-state index contributed by atoms with van der Waals surface area (Å²) in [6.07, 6.45) is 0.105. The fraction of sp³-hybridized carbons (Fsp3) is 0.371. The Kier molecular flexibility index (Phi) is 13.8. The molecular formula is C35H35N6NaO14S.